The molecule has 150 valence electrons. The summed E-state index contributed by atoms with van der Waals surface area (Å²) in [6.45, 7) is 6.80. The lowest BCUT2D eigenvalue weighted by Gasteiger charge is -2.62. The highest BCUT2D eigenvalue weighted by molar-refractivity contribution is 5.12. The van der Waals surface area contributed by atoms with Crippen molar-refractivity contribution in [2.24, 2.45) is 23.7 Å². The zero-order chi connectivity index (χ0) is 19.0. The van der Waals surface area contributed by atoms with Crippen LogP contribution in [0.2, 0.25) is 0 Å². The number of ether oxygens (including phenoxy) is 3. The minimum Gasteiger partial charge on any atom is -0.343 e. The molecule has 8 heteroatoms. The van der Waals surface area contributed by atoms with Crippen molar-refractivity contribution in [3.63, 3.8) is 0 Å². The summed E-state index contributed by atoms with van der Waals surface area (Å²) in [6, 6.07) is 0. The maximum Gasteiger partial charge on any atom is 0.443 e. The molecule has 0 aromatic rings. The molecule has 5 fully saturated rings. The molecule has 2 bridgehead atoms. The Bertz CT molecular complexity index is 572. The Kier molecular flexibility index (Phi) is 4.22. The molecule has 5 aliphatic rings. The highest BCUT2D eigenvalue weighted by Crippen LogP contribution is 2.64. The second-order valence-corrected chi connectivity index (χ2v) is 8.41. The van der Waals surface area contributed by atoms with Crippen LogP contribution >= 0.6 is 0 Å². The van der Waals surface area contributed by atoms with E-state index in [1.165, 1.54) is 0 Å². The first-order chi connectivity index (χ1) is 12.1. The van der Waals surface area contributed by atoms with Gasteiger partial charge < -0.3 is 14.2 Å². The van der Waals surface area contributed by atoms with Crippen LogP contribution in [0.3, 0.4) is 0 Å². The van der Waals surface area contributed by atoms with E-state index in [9.17, 15) is 13.2 Å². The summed E-state index contributed by atoms with van der Waals surface area (Å²) in [7, 11) is 0. The lowest BCUT2D eigenvalue weighted by molar-refractivity contribution is -0.598. The van der Waals surface area contributed by atoms with E-state index in [-0.39, 0.29) is 12.5 Å². The van der Waals surface area contributed by atoms with Crippen molar-refractivity contribution in [2.75, 3.05) is 6.61 Å². The third-order valence-corrected chi connectivity index (χ3v) is 7.01. The molecule has 4 saturated heterocycles. The van der Waals surface area contributed by atoms with Gasteiger partial charge in [0.2, 0.25) is 5.79 Å². The lowest BCUT2D eigenvalue weighted by Crippen LogP contribution is -2.76. The maximum absolute atomic E-state index is 14.2. The van der Waals surface area contributed by atoms with E-state index in [4.69, 9.17) is 24.0 Å². The van der Waals surface area contributed by atoms with Gasteiger partial charge in [0.1, 0.15) is 0 Å². The van der Waals surface area contributed by atoms with Crippen LogP contribution in [0.25, 0.3) is 0 Å². The van der Waals surface area contributed by atoms with E-state index < -0.39 is 41.5 Å². The minimum atomic E-state index is -4.68. The van der Waals surface area contributed by atoms with Gasteiger partial charge in [-0.1, -0.05) is 13.8 Å². The normalized spacial score (nSPS) is 53.9. The fourth-order valence-corrected chi connectivity index (χ4v) is 5.70. The molecule has 1 aliphatic carbocycles. The summed E-state index contributed by atoms with van der Waals surface area (Å²) in [5, 5.41) is 0. The zero-order valence-corrected chi connectivity index (χ0v) is 15.6. The first-order valence-corrected chi connectivity index (χ1v) is 9.53. The Morgan fingerprint density at radius 2 is 1.77 bits per heavy atom. The van der Waals surface area contributed by atoms with Gasteiger partial charge in [-0.15, -0.1) is 0 Å². The van der Waals surface area contributed by atoms with Crippen molar-refractivity contribution in [2.45, 2.75) is 83.0 Å². The van der Waals surface area contributed by atoms with Crippen molar-refractivity contribution in [1.29, 1.82) is 0 Å². The molecule has 5 nitrogen and oxygen atoms in total. The minimum absolute atomic E-state index is 0.0193. The van der Waals surface area contributed by atoms with Crippen LogP contribution in [0.15, 0.2) is 0 Å². The van der Waals surface area contributed by atoms with E-state index in [2.05, 4.69) is 6.92 Å². The largest absolute Gasteiger partial charge is 0.443 e. The van der Waals surface area contributed by atoms with Crippen LogP contribution < -0.4 is 0 Å². The standard InChI is InChI=1S/C18H27F3O5/c1-5-22-17(18(19,20)21)11(3)13-7-6-10(2)12-8-9-15(4)23-14(24-17)16(12,13)26-25-15/h10-14H,5-9H2,1-4H3/t10-,11-,12+,13+,14+,15-,16-,17-/m1/s1. The number of hydrogen-bond donors (Lipinski definition) is 0. The maximum atomic E-state index is 14.2. The topological polar surface area (TPSA) is 46.2 Å². The van der Waals surface area contributed by atoms with E-state index in [0.717, 1.165) is 12.8 Å². The Labute approximate surface area is 151 Å². The molecule has 1 spiro atoms. The summed E-state index contributed by atoms with van der Waals surface area (Å²) in [5.74, 6) is -4.87. The van der Waals surface area contributed by atoms with Crippen LogP contribution in [0, 0.1) is 23.7 Å². The van der Waals surface area contributed by atoms with Gasteiger partial charge in [0.05, 0.1) is 0 Å². The predicted octanol–water partition coefficient (Wildman–Crippen LogP) is 4.16. The van der Waals surface area contributed by atoms with Crippen LogP contribution in [-0.2, 0) is 24.0 Å². The fourth-order valence-electron chi connectivity index (χ4n) is 5.70. The Hall–Kier alpha value is -0.410. The summed E-state index contributed by atoms with van der Waals surface area (Å²) in [6.07, 6.45) is -3.10. The Morgan fingerprint density at radius 1 is 1.04 bits per heavy atom. The lowest BCUT2D eigenvalue weighted by atomic mass is 9.57. The van der Waals surface area contributed by atoms with Gasteiger partial charge in [-0.05, 0) is 44.9 Å². The summed E-state index contributed by atoms with van der Waals surface area (Å²) in [5.41, 5.74) is -1.03. The number of rotatable bonds is 2. The summed E-state index contributed by atoms with van der Waals surface area (Å²) < 4.78 is 59.4. The molecule has 1 saturated carbocycles. The molecular weight excluding hydrogens is 353 g/mol. The summed E-state index contributed by atoms with van der Waals surface area (Å²) in [4.78, 5) is 11.5. The molecule has 5 rings (SSSR count). The molecular formula is C18H27F3O5. The molecule has 0 aromatic carbocycles. The zero-order valence-electron chi connectivity index (χ0n) is 15.6. The molecule has 0 aromatic heterocycles. The van der Waals surface area contributed by atoms with E-state index in [1.807, 2.05) is 0 Å². The van der Waals surface area contributed by atoms with Crippen molar-refractivity contribution in [3.8, 4) is 0 Å². The Balaban J connectivity index is 1.84. The monoisotopic (exact) mass is 380 g/mol. The van der Waals surface area contributed by atoms with Crippen LogP contribution in [0.1, 0.15) is 53.4 Å². The number of halogens is 3. The molecule has 0 unspecified atom stereocenters. The SMILES string of the molecule is CCO[C@@]1(C(F)(F)F)O[C@@H]2O[C@@]3(C)CC[C@H]4[C@H](C)CC[C@@H]([C@H]1C)[C@@]24OO3. The number of alkyl halides is 3. The van der Waals surface area contributed by atoms with Crippen molar-refractivity contribution < 1.29 is 37.2 Å². The molecule has 0 amide bonds. The van der Waals surface area contributed by atoms with Crippen LogP contribution in [0.5, 0.6) is 0 Å². The quantitative estimate of drug-likeness (QED) is 0.673. The van der Waals surface area contributed by atoms with Crippen LogP contribution in [-0.4, -0.2) is 36.2 Å². The summed E-state index contributed by atoms with van der Waals surface area (Å²) >= 11 is 0. The molecule has 8 atom stereocenters. The second kappa shape index (κ2) is 5.80. The van der Waals surface area contributed by atoms with E-state index in [0.29, 0.717) is 18.8 Å². The Morgan fingerprint density at radius 3 is 2.42 bits per heavy atom. The van der Waals surface area contributed by atoms with E-state index in [1.54, 1.807) is 20.8 Å². The van der Waals surface area contributed by atoms with Crippen LogP contribution in [0.4, 0.5) is 13.2 Å². The molecule has 4 aliphatic heterocycles. The fraction of sp³-hybridized carbons (Fsp3) is 1.00. The molecule has 0 N–H and O–H groups in total. The van der Waals surface area contributed by atoms with Gasteiger partial charge in [0.15, 0.2) is 11.9 Å². The third kappa shape index (κ3) is 2.28. The van der Waals surface area contributed by atoms with Gasteiger partial charge in [-0.3, -0.25) is 0 Å². The first kappa shape index (κ1) is 18.9. The highest BCUT2D eigenvalue weighted by Gasteiger charge is 2.77. The molecule has 26 heavy (non-hydrogen) atoms. The predicted molar refractivity (Wildman–Crippen MR) is 83.5 cm³/mol. The van der Waals surface area contributed by atoms with Crippen molar-refractivity contribution in [3.05, 3.63) is 0 Å². The number of fused-ring (bicyclic) bond motifs is 2. The van der Waals surface area contributed by atoms with Gasteiger partial charge in [0, 0.05) is 24.9 Å². The van der Waals surface area contributed by atoms with E-state index >= 15 is 0 Å². The molecule has 0 radical (unpaired) electrons. The van der Waals surface area contributed by atoms with Gasteiger partial charge >= 0.3 is 6.18 Å². The smallest absolute Gasteiger partial charge is 0.343 e. The van der Waals surface area contributed by atoms with Gasteiger partial charge in [-0.25, -0.2) is 9.78 Å². The van der Waals surface area contributed by atoms with Gasteiger partial charge in [-0.2, -0.15) is 13.2 Å². The molecule has 4 heterocycles. The number of hydrogen-bond acceptors (Lipinski definition) is 5. The van der Waals surface area contributed by atoms with Gasteiger partial charge in [0.25, 0.3) is 5.79 Å². The third-order valence-electron chi connectivity index (χ3n) is 7.01. The second-order valence-electron chi connectivity index (χ2n) is 8.41. The first-order valence-electron chi connectivity index (χ1n) is 9.53. The average molecular weight is 380 g/mol. The average Bonchev–Trinajstić information content (AvgIpc) is 2.78. The van der Waals surface area contributed by atoms with Crippen molar-refractivity contribution >= 4 is 0 Å². The highest BCUT2D eigenvalue weighted by atomic mass is 19.4. The van der Waals surface area contributed by atoms with Crippen molar-refractivity contribution in [1.82, 2.24) is 0 Å².